The Kier molecular flexibility index (Phi) is 6.72. The van der Waals surface area contributed by atoms with Gasteiger partial charge in [-0.1, -0.05) is 13.0 Å². The third-order valence-electron chi connectivity index (χ3n) is 3.04. The Morgan fingerprint density at radius 2 is 2.00 bits per heavy atom. The van der Waals surface area contributed by atoms with E-state index in [0.29, 0.717) is 6.04 Å². The van der Waals surface area contributed by atoms with E-state index in [0.717, 1.165) is 19.6 Å². The van der Waals surface area contributed by atoms with Crippen molar-refractivity contribution in [1.82, 2.24) is 5.32 Å². The smallest absolute Gasteiger partial charge is 0.0513 e. The van der Waals surface area contributed by atoms with Crippen molar-refractivity contribution in [3.8, 4) is 0 Å². The van der Waals surface area contributed by atoms with E-state index in [-0.39, 0.29) is 0 Å². The molecule has 102 valence electrons. The molecule has 0 aliphatic heterocycles. The number of anilines is 1. The molecule has 0 spiro atoms. The molecule has 0 saturated carbocycles. The maximum Gasteiger partial charge on any atom is 0.0513 e. The standard InChI is InChI=1S/C15H25BrN2/c1-5-9-17-11-13-7-8-15(14(16)10-13)18(6-2)12(3)4/h7-8,10,12,17H,5-6,9,11H2,1-4H3. The number of hydrogen-bond donors (Lipinski definition) is 1. The Balaban J connectivity index is 2.78. The topological polar surface area (TPSA) is 15.3 Å². The van der Waals surface area contributed by atoms with Gasteiger partial charge in [0.15, 0.2) is 0 Å². The Hall–Kier alpha value is -0.540. The third-order valence-corrected chi connectivity index (χ3v) is 3.68. The van der Waals surface area contributed by atoms with Crippen LogP contribution < -0.4 is 10.2 Å². The van der Waals surface area contributed by atoms with Crippen LogP contribution in [0.5, 0.6) is 0 Å². The lowest BCUT2D eigenvalue weighted by Gasteiger charge is -2.28. The summed E-state index contributed by atoms with van der Waals surface area (Å²) in [4.78, 5) is 2.40. The first-order valence-electron chi connectivity index (χ1n) is 6.85. The zero-order valence-corrected chi connectivity index (χ0v) is 13.5. The summed E-state index contributed by atoms with van der Waals surface area (Å²) in [5.74, 6) is 0. The van der Waals surface area contributed by atoms with Crippen LogP contribution in [0.3, 0.4) is 0 Å². The fourth-order valence-electron chi connectivity index (χ4n) is 2.12. The highest BCUT2D eigenvalue weighted by Gasteiger charge is 2.11. The van der Waals surface area contributed by atoms with Crippen LogP contribution in [0.4, 0.5) is 5.69 Å². The molecule has 1 aromatic rings. The minimum atomic E-state index is 0.523. The highest BCUT2D eigenvalue weighted by atomic mass is 79.9. The van der Waals surface area contributed by atoms with Crippen molar-refractivity contribution >= 4 is 21.6 Å². The van der Waals surface area contributed by atoms with E-state index in [9.17, 15) is 0 Å². The highest BCUT2D eigenvalue weighted by molar-refractivity contribution is 9.10. The van der Waals surface area contributed by atoms with Crippen molar-refractivity contribution in [3.05, 3.63) is 28.2 Å². The number of benzene rings is 1. The van der Waals surface area contributed by atoms with E-state index < -0.39 is 0 Å². The van der Waals surface area contributed by atoms with Gasteiger partial charge in [0.2, 0.25) is 0 Å². The van der Waals surface area contributed by atoms with Crippen molar-refractivity contribution in [2.45, 2.75) is 46.7 Å². The quantitative estimate of drug-likeness (QED) is 0.760. The minimum absolute atomic E-state index is 0.523. The predicted molar refractivity (Wildman–Crippen MR) is 84.3 cm³/mol. The van der Waals surface area contributed by atoms with Crippen molar-refractivity contribution in [1.29, 1.82) is 0 Å². The Bertz CT molecular complexity index is 364. The normalized spacial score (nSPS) is 11.0. The summed E-state index contributed by atoms with van der Waals surface area (Å²) in [6.45, 7) is 11.9. The molecule has 0 radical (unpaired) electrons. The molecule has 1 aromatic carbocycles. The lowest BCUT2D eigenvalue weighted by atomic mass is 10.1. The van der Waals surface area contributed by atoms with E-state index in [1.165, 1.54) is 22.1 Å². The number of nitrogens with zero attached hydrogens (tertiary/aromatic N) is 1. The summed E-state index contributed by atoms with van der Waals surface area (Å²) in [5.41, 5.74) is 2.62. The monoisotopic (exact) mass is 312 g/mol. The third kappa shape index (κ3) is 4.29. The molecule has 0 atom stereocenters. The first-order chi connectivity index (χ1) is 8.60. The van der Waals surface area contributed by atoms with Crippen LogP contribution in [0.1, 0.15) is 39.7 Å². The maximum absolute atomic E-state index is 3.70. The van der Waals surface area contributed by atoms with Gasteiger partial charge in [0.05, 0.1) is 5.69 Å². The van der Waals surface area contributed by atoms with Crippen LogP contribution >= 0.6 is 15.9 Å². The zero-order chi connectivity index (χ0) is 13.5. The molecule has 0 amide bonds. The summed E-state index contributed by atoms with van der Waals surface area (Å²) >= 11 is 3.70. The van der Waals surface area contributed by atoms with Crippen LogP contribution in [0.25, 0.3) is 0 Å². The minimum Gasteiger partial charge on any atom is -0.368 e. The van der Waals surface area contributed by atoms with Crippen LogP contribution in [-0.2, 0) is 6.54 Å². The molecular weight excluding hydrogens is 288 g/mol. The van der Waals surface area contributed by atoms with Gasteiger partial charge in [-0.2, -0.15) is 0 Å². The highest BCUT2D eigenvalue weighted by Crippen LogP contribution is 2.28. The van der Waals surface area contributed by atoms with Gasteiger partial charge in [-0.25, -0.2) is 0 Å². The van der Waals surface area contributed by atoms with Gasteiger partial charge in [0, 0.05) is 23.6 Å². The van der Waals surface area contributed by atoms with Gasteiger partial charge in [0.25, 0.3) is 0 Å². The lowest BCUT2D eigenvalue weighted by Crippen LogP contribution is -2.30. The van der Waals surface area contributed by atoms with E-state index in [1.54, 1.807) is 0 Å². The number of rotatable bonds is 7. The molecule has 0 bridgehead atoms. The molecule has 0 fully saturated rings. The molecule has 0 aromatic heterocycles. The van der Waals surface area contributed by atoms with E-state index in [1.807, 2.05) is 0 Å². The molecule has 0 aliphatic rings. The first-order valence-corrected chi connectivity index (χ1v) is 7.65. The fourth-order valence-corrected chi connectivity index (χ4v) is 2.77. The second-order valence-electron chi connectivity index (χ2n) is 4.84. The second kappa shape index (κ2) is 7.80. The molecule has 1 N–H and O–H groups in total. The molecular formula is C15H25BrN2. The lowest BCUT2D eigenvalue weighted by molar-refractivity contribution is 0.674. The average Bonchev–Trinajstić information content (AvgIpc) is 2.32. The predicted octanol–water partition coefficient (Wildman–Crippen LogP) is 4.18. The summed E-state index contributed by atoms with van der Waals surface area (Å²) in [6, 6.07) is 7.18. The summed E-state index contributed by atoms with van der Waals surface area (Å²) in [7, 11) is 0. The van der Waals surface area contributed by atoms with Gasteiger partial charge in [0.1, 0.15) is 0 Å². The van der Waals surface area contributed by atoms with E-state index >= 15 is 0 Å². The van der Waals surface area contributed by atoms with Crippen LogP contribution in [0.15, 0.2) is 22.7 Å². The Morgan fingerprint density at radius 3 is 2.50 bits per heavy atom. The number of halogens is 1. The largest absolute Gasteiger partial charge is 0.368 e. The van der Waals surface area contributed by atoms with Crippen LogP contribution in [0, 0.1) is 0 Å². The average molecular weight is 313 g/mol. The van der Waals surface area contributed by atoms with Crippen molar-refractivity contribution < 1.29 is 0 Å². The molecule has 2 nitrogen and oxygen atoms in total. The van der Waals surface area contributed by atoms with Gasteiger partial charge < -0.3 is 10.2 Å². The number of nitrogens with one attached hydrogen (secondary N) is 1. The molecule has 1 rings (SSSR count). The molecule has 18 heavy (non-hydrogen) atoms. The Labute approximate surface area is 120 Å². The molecule has 3 heteroatoms. The fraction of sp³-hybridized carbons (Fsp3) is 0.600. The second-order valence-corrected chi connectivity index (χ2v) is 5.70. The maximum atomic E-state index is 3.70. The van der Waals surface area contributed by atoms with Crippen LogP contribution in [0.2, 0.25) is 0 Å². The van der Waals surface area contributed by atoms with E-state index in [2.05, 4.69) is 72.0 Å². The molecule has 0 unspecified atom stereocenters. The number of hydrogen-bond acceptors (Lipinski definition) is 2. The molecule has 0 saturated heterocycles. The summed E-state index contributed by atoms with van der Waals surface area (Å²) in [6.07, 6.45) is 1.18. The van der Waals surface area contributed by atoms with Crippen molar-refractivity contribution in [2.24, 2.45) is 0 Å². The molecule has 0 heterocycles. The summed E-state index contributed by atoms with van der Waals surface area (Å²) in [5, 5.41) is 3.43. The van der Waals surface area contributed by atoms with E-state index in [4.69, 9.17) is 0 Å². The van der Waals surface area contributed by atoms with Gasteiger partial charge in [-0.05, 0) is 67.4 Å². The van der Waals surface area contributed by atoms with Crippen LogP contribution in [-0.4, -0.2) is 19.1 Å². The van der Waals surface area contributed by atoms with Gasteiger partial charge in [-0.3, -0.25) is 0 Å². The zero-order valence-electron chi connectivity index (χ0n) is 12.0. The Morgan fingerprint density at radius 1 is 1.28 bits per heavy atom. The van der Waals surface area contributed by atoms with Gasteiger partial charge in [-0.15, -0.1) is 0 Å². The SMILES string of the molecule is CCCNCc1ccc(N(CC)C(C)C)c(Br)c1. The first kappa shape index (κ1) is 15.5. The molecule has 0 aliphatic carbocycles. The van der Waals surface area contributed by atoms with Crippen molar-refractivity contribution in [3.63, 3.8) is 0 Å². The van der Waals surface area contributed by atoms with Gasteiger partial charge >= 0.3 is 0 Å². The van der Waals surface area contributed by atoms with Crippen molar-refractivity contribution in [2.75, 3.05) is 18.0 Å². The summed E-state index contributed by atoms with van der Waals surface area (Å²) < 4.78 is 1.19.